The van der Waals surface area contributed by atoms with E-state index in [1.807, 2.05) is 19.1 Å². The largest absolute Gasteiger partial charge is 0.359 e. The Balaban J connectivity index is 1.92. The van der Waals surface area contributed by atoms with Crippen LogP contribution in [0.3, 0.4) is 0 Å². The summed E-state index contributed by atoms with van der Waals surface area (Å²) in [7, 11) is 1.66. The molecule has 0 saturated heterocycles. The molecule has 1 amide bonds. The molecule has 1 aliphatic heterocycles. The van der Waals surface area contributed by atoms with Crippen molar-refractivity contribution in [1.29, 1.82) is 0 Å². The van der Waals surface area contributed by atoms with Crippen molar-refractivity contribution in [2.45, 2.75) is 43.4 Å². The molecule has 1 aromatic carbocycles. The highest BCUT2D eigenvalue weighted by Crippen LogP contribution is 2.42. The van der Waals surface area contributed by atoms with Crippen LogP contribution in [0.15, 0.2) is 23.1 Å². The zero-order valence-electron chi connectivity index (χ0n) is 13.2. The monoisotopic (exact) mass is 317 g/mol. The molecular formula is C18H23NO2S. The third kappa shape index (κ3) is 2.81. The number of hydrogen-bond donors (Lipinski definition) is 1. The molecule has 4 heteroatoms. The van der Waals surface area contributed by atoms with Gasteiger partial charge in [-0.25, -0.2) is 0 Å². The fourth-order valence-electron chi connectivity index (χ4n) is 3.65. The molecule has 1 unspecified atom stereocenters. The number of Topliss-reactive ketones (excluding diaryl/α,β-unsaturated/α-hetero) is 1. The normalized spacial score (nSPS) is 25.6. The van der Waals surface area contributed by atoms with Crippen molar-refractivity contribution >= 4 is 23.5 Å². The van der Waals surface area contributed by atoms with Crippen LogP contribution in [0, 0.1) is 11.8 Å². The number of carbonyl (C=O) groups is 2. The minimum atomic E-state index is -0.184. The number of benzene rings is 1. The van der Waals surface area contributed by atoms with Crippen LogP contribution in [0.2, 0.25) is 0 Å². The van der Waals surface area contributed by atoms with E-state index in [2.05, 4.69) is 11.4 Å². The van der Waals surface area contributed by atoms with Gasteiger partial charge >= 0.3 is 0 Å². The number of thioether (sulfide) groups is 1. The number of ketones is 1. The molecule has 3 atom stereocenters. The predicted octanol–water partition coefficient (Wildman–Crippen LogP) is 3.63. The van der Waals surface area contributed by atoms with Crippen LogP contribution in [0.5, 0.6) is 0 Å². The van der Waals surface area contributed by atoms with Crippen LogP contribution >= 0.6 is 11.8 Å². The molecule has 2 aliphatic rings. The summed E-state index contributed by atoms with van der Waals surface area (Å²) in [6.07, 6.45) is 4.65. The summed E-state index contributed by atoms with van der Waals surface area (Å²) in [6.45, 7) is 1.91. The van der Waals surface area contributed by atoms with Gasteiger partial charge in [-0.05, 0) is 43.4 Å². The van der Waals surface area contributed by atoms with Gasteiger partial charge < -0.3 is 5.32 Å². The van der Waals surface area contributed by atoms with Gasteiger partial charge in [0.25, 0.3) is 0 Å². The zero-order chi connectivity index (χ0) is 15.7. The van der Waals surface area contributed by atoms with Crippen LogP contribution < -0.4 is 5.32 Å². The second-order valence-electron chi connectivity index (χ2n) is 6.42. The number of rotatable bonds is 2. The van der Waals surface area contributed by atoms with Gasteiger partial charge in [0.05, 0.1) is 5.92 Å². The Hall–Kier alpha value is -1.29. The van der Waals surface area contributed by atoms with E-state index in [1.165, 1.54) is 19.3 Å². The summed E-state index contributed by atoms with van der Waals surface area (Å²) >= 11 is 1.80. The third-order valence-electron chi connectivity index (χ3n) is 5.11. The van der Waals surface area contributed by atoms with Crippen molar-refractivity contribution in [2.75, 3.05) is 12.8 Å². The van der Waals surface area contributed by atoms with E-state index in [0.717, 1.165) is 28.2 Å². The Morgan fingerprint density at radius 1 is 1.32 bits per heavy atom. The van der Waals surface area contributed by atoms with Gasteiger partial charge in [-0.3, -0.25) is 9.59 Å². The maximum Gasteiger partial charge on any atom is 0.227 e. The summed E-state index contributed by atoms with van der Waals surface area (Å²) < 4.78 is 0. The first-order chi connectivity index (χ1) is 10.6. The number of likely N-dealkylation sites (N-methyl/N-ethyl adjacent to an activating group) is 1. The smallest absolute Gasteiger partial charge is 0.227 e. The molecule has 0 spiro atoms. The lowest BCUT2D eigenvalue weighted by Gasteiger charge is -2.28. The molecule has 3 nitrogen and oxygen atoms in total. The molecule has 1 heterocycles. The highest BCUT2D eigenvalue weighted by molar-refractivity contribution is 7.99. The first-order valence-electron chi connectivity index (χ1n) is 8.14. The maximum absolute atomic E-state index is 12.8. The number of nitrogens with one attached hydrogen (secondary N) is 1. The Labute approximate surface area is 136 Å². The second-order valence-corrected chi connectivity index (χ2v) is 7.48. The molecule has 3 rings (SSSR count). The molecule has 0 radical (unpaired) electrons. The van der Waals surface area contributed by atoms with Crippen LogP contribution in [-0.4, -0.2) is 24.5 Å². The molecule has 1 aliphatic carbocycles. The minimum absolute atomic E-state index is 0.0126. The molecule has 22 heavy (non-hydrogen) atoms. The van der Waals surface area contributed by atoms with Crippen LogP contribution in [0.25, 0.3) is 0 Å². The van der Waals surface area contributed by atoms with E-state index in [0.29, 0.717) is 11.7 Å². The van der Waals surface area contributed by atoms with Gasteiger partial charge in [0.1, 0.15) is 0 Å². The van der Waals surface area contributed by atoms with Gasteiger partial charge in [0.15, 0.2) is 5.78 Å². The first-order valence-corrected chi connectivity index (χ1v) is 9.13. The van der Waals surface area contributed by atoms with E-state index in [1.54, 1.807) is 18.8 Å². The van der Waals surface area contributed by atoms with Crippen molar-refractivity contribution < 1.29 is 9.59 Å². The molecule has 1 saturated carbocycles. The van der Waals surface area contributed by atoms with Crippen molar-refractivity contribution in [3.05, 3.63) is 29.3 Å². The lowest BCUT2D eigenvalue weighted by atomic mass is 9.76. The van der Waals surface area contributed by atoms with Crippen molar-refractivity contribution in [1.82, 2.24) is 5.32 Å². The van der Waals surface area contributed by atoms with Crippen molar-refractivity contribution in [3.8, 4) is 0 Å². The van der Waals surface area contributed by atoms with Crippen molar-refractivity contribution in [2.24, 2.45) is 11.8 Å². The molecular weight excluding hydrogens is 294 g/mol. The highest BCUT2D eigenvalue weighted by atomic mass is 32.2. The van der Waals surface area contributed by atoms with Gasteiger partial charge in [-0.15, -0.1) is 11.8 Å². The zero-order valence-corrected chi connectivity index (χ0v) is 14.0. The van der Waals surface area contributed by atoms with E-state index in [-0.39, 0.29) is 17.7 Å². The van der Waals surface area contributed by atoms with Gasteiger partial charge in [-0.2, -0.15) is 0 Å². The third-order valence-corrected chi connectivity index (χ3v) is 6.35. The summed E-state index contributed by atoms with van der Waals surface area (Å²) in [5, 5.41) is 2.69. The molecule has 1 fully saturated rings. The number of carbonyl (C=O) groups excluding carboxylic acids is 2. The first kappa shape index (κ1) is 15.6. The topological polar surface area (TPSA) is 46.2 Å². The number of fused-ring (bicyclic) bond motifs is 2. The summed E-state index contributed by atoms with van der Waals surface area (Å²) in [6, 6.07) is 5.94. The highest BCUT2D eigenvalue weighted by Gasteiger charge is 2.35. The van der Waals surface area contributed by atoms with Crippen molar-refractivity contribution in [3.63, 3.8) is 0 Å². The predicted molar refractivity (Wildman–Crippen MR) is 89.4 cm³/mol. The van der Waals surface area contributed by atoms with E-state index in [9.17, 15) is 9.59 Å². The van der Waals surface area contributed by atoms with Crippen LogP contribution in [0.1, 0.15) is 54.4 Å². The Bertz CT molecular complexity index is 599. The Morgan fingerprint density at radius 3 is 2.86 bits per heavy atom. The fourth-order valence-corrected chi connectivity index (χ4v) is 4.98. The average molecular weight is 317 g/mol. The lowest BCUT2D eigenvalue weighted by Crippen LogP contribution is -2.27. The van der Waals surface area contributed by atoms with Gasteiger partial charge in [0.2, 0.25) is 5.91 Å². The lowest BCUT2D eigenvalue weighted by molar-refractivity contribution is -0.121. The fraction of sp³-hybridized carbons (Fsp3) is 0.556. The number of amides is 1. The summed E-state index contributed by atoms with van der Waals surface area (Å²) in [5.41, 5.74) is 1.86. The van der Waals surface area contributed by atoms with Crippen LogP contribution in [-0.2, 0) is 4.79 Å². The molecule has 118 valence electrons. The Kier molecular flexibility index (Phi) is 4.57. The van der Waals surface area contributed by atoms with Gasteiger partial charge in [0, 0.05) is 29.2 Å². The molecule has 0 bridgehead atoms. The van der Waals surface area contributed by atoms with E-state index < -0.39 is 0 Å². The van der Waals surface area contributed by atoms with E-state index >= 15 is 0 Å². The van der Waals surface area contributed by atoms with Gasteiger partial charge in [-0.1, -0.05) is 18.9 Å². The summed E-state index contributed by atoms with van der Waals surface area (Å²) in [5.74, 6) is 1.92. The minimum Gasteiger partial charge on any atom is -0.359 e. The average Bonchev–Trinajstić information content (AvgIpc) is 2.71. The van der Waals surface area contributed by atoms with E-state index in [4.69, 9.17) is 0 Å². The Morgan fingerprint density at radius 2 is 2.09 bits per heavy atom. The SMILES string of the molecule is CNC(=O)C(C)c1ccc2c(c1)SC[C@@H]1CCCC[C@H]1C2=O. The maximum atomic E-state index is 12.8. The summed E-state index contributed by atoms with van der Waals surface area (Å²) in [4.78, 5) is 25.7. The van der Waals surface area contributed by atoms with Crippen LogP contribution in [0.4, 0.5) is 0 Å². The number of hydrogen-bond acceptors (Lipinski definition) is 3. The molecule has 1 aromatic rings. The second kappa shape index (κ2) is 6.45. The quantitative estimate of drug-likeness (QED) is 0.906. The molecule has 0 aromatic heterocycles. The standard InChI is InChI=1S/C18H23NO2S/c1-11(18(21)19-2)12-7-8-15-16(9-12)22-10-13-5-3-4-6-14(13)17(15)20/h7-9,11,13-14H,3-6,10H2,1-2H3,(H,19,21)/t11?,13-,14+/m0/s1. The molecule has 1 N–H and O–H groups in total.